The molecule has 0 saturated heterocycles. The van der Waals surface area contributed by atoms with Gasteiger partial charge >= 0.3 is 29.6 Å². The summed E-state index contributed by atoms with van der Waals surface area (Å²) in [6.45, 7) is 8.68. The SMILES string of the molecule is CC(C)=O.CCCC(C)C1(CC)C(=O)N=C([O-])NC1=O.O=C1CCCC1.[Na+]. The van der Waals surface area contributed by atoms with Crippen molar-refractivity contribution < 1.29 is 53.8 Å². The Morgan fingerprint density at radius 1 is 1.19 bits per heavy atom. The second kappa shape index (κ2) is 14.0. The molecule has 1 aliphatic heterocycles. The van der Waals surface area contributed by atoms with Gasteiger partial charge in [-0.3, -0.25) is 14.4 Å². The number of nitrogens with one attached hydrogen (secondary N) is 1. The minimum Gasteiger partial charge on any atom is -0.846 e. The van der Waals surface area contributed by atoms with Gasteiger partial charge in [-0.15, -0.1) is 0 Å². The van der Waals surface area contributed by atoms with Crippen molar-refractivity contribution in [2.24, 2.45) is 16.3 Å². The first-order chi connectivity index (χ1) is 12.1. The number of amidine groups is 1. The van der Waals surface area contributed by atoms with Crippen LogP contribution in [0.2, 0.25) is 0 Å². The van der Waals surface area contributed by atoms with Gasteiger partial charge in [-0.1, -0.05) is 27.2 Å². The minimum absolute atomic E-state index is 0. The van der Waals surface area contributed by atoms with Gasteiger partial charge in [0.1, 0.15) is 17.0 Å². The molecule has 7 nitrogen and oxygen atoms in total. The molecule has 0 bridgehead atoms. The van der Waals surface area contributed by atoms with Gasteiger partial charge in [-0.2, -0.15) is 0 Å². The van der Waals surface area contributed by atoms with Crippen molar-refractivity contribution in [2.45, 2.75) is 79.6 Å². The molecule has 1 saturated carbocycles. The van der Waals surface area contributed by atoms with Crippen LogP contribution in [0.1, 0.15) is 79.6 Å². The van der Waals surface area contributed by atoms with E-state index in [1.807, 2.05) is 13.8 Å². The maximum atomic E-state index is 11.9. The maximum absolute atomic E-state index is 11.9. The number of carbonyl (C=O) groups is 4. The first-order valence-corrected chi connectivity index (χ1v) is 9.22. The molecule has 27 heavy (non-hydrogen) atoms. The van der Waals surface area contributed by atoms with Gasteiger partial charge in [0.2, 0.25) is 5.91 Å². The van der Waals surface area contributed by atoms with E-state index >= 15 is 0 Å². The summed E-state index contributed by atoms with van der Waals surface area (Å²) in [5.74, 6) is -0.576. The van der Waals surface area contributed by atoms with Gasteiger partial charge < -0.3 is 15.2 Å². The Labute approximate surface area is 184 Å². The molecule has 8 heteroatoms. The van der Waals surface area contributed by atoms with Crippen molar-refractivity contribution in [1.82, 2.24) is 5.32 Å². The molecule has 1 fully saturated rings. The van der Waals surface area contributed by atoms with E-state index in [2.05, 4.69) is 10.3 Å². The number of aliphatic imine (C=N–C) groups is 1. The average molecular weight is 390 g/mol. The number of hydrogen-bond donors (Lipinski definition) is 1. The topological polar surface area (TPSA) is 116 Å². The molecule has 2 rings (SSSR count). The van der Waals surface area contributed by atoms with Gasteiger partial charge in [0.25, 0.3) is 5.91 Å². The summed E-state index contributed by atoms with van der Waals surface area (Å²) in [6, 6.07) is -0.845. The summed E-state index contributed by atoms with van der Waals surface area (Å²) in [4.78, 5) is 46.7. The first-order valence-electron chi connectivity index (χ1n) is 9.22. The maximum Gasteiger partial charge on any atom is 1.00 e. The molecule has 2 aliphatic rings. The molecular weight excluding hydrogens is 359 g/mol. The van der Waals surface area contributed by atoms with Gasteiger partial charge in [0.15, 0.2) is 0 Å². The summed E-state index contributed by atoms with van der Waals surface area (Å²) in [6.07, 6.45) is 5.99. The van der Waals surface area contributed by atoms with Crippen molar-refractivity contribution in [1.29, 1.82) is 0 Å². The Bertz CT molecular complexity index is 550. The number of hydrogen-bond acceptors (Lipinski definition) is 5. The molecule has 2 amide bonds. The Kier molecular flexibility index (Phi) is 14.6. The van der Waals surface area contributed by atoms with Crippen LogP contribution in [0.4, 0.5) is 0 Å². The zero-order valence-electron chi connectivity index (χ0n) is 17.5. The third-order valence-electron chi connectivity index (χ3n) is 4.49. The van der Waals surface area contributed by atoms with E-state index in [9.17, 15) is 24.3 Å². The van der Waals surface area contributed by atoms with Gasteiger partial charge in [0.05, 0.1) is 6.02 Å². The molecule has 0 aromatic carbocycles. The molecule has 0 spiro atoms. The fraction of sp³-hybridized carbons (Fsp3) is 0.737. The van der Waals surface area contributed by atoms with E-state index in [4.69, 9.17) is 0 Å². The van der Waals surface area contributed by atoms with E-state index in [-0.39, 0.29) is 41.3 Å². The Morgan fingerprint density at radius 2 is 1.67 bits per heavy atom. The van der Waals surface area contributed by atoms with Gasteiger partial charge in [0, 0.05) is 12.8 Å². The number of carbonyl (C=O) groups excluding carboxylic acids is 4. The summed E-state index contributed by atoms with van der Waals surface area (Å²) in [5, 5.41) is 13.1. The molecule has 0 aromatic rings. The number of ketones is 2. The summed E-state index contributed by atoms with van der Waals surface area (Å²) in [7, 11) is 0. The number of nitrogens with zero attached hydrogens (tertiary/aromatic N) is 1. The first kappa shape index (κ1) is 28.2. The zero-order chi connectivity index (χ0) is 20.3. The predicted molar refractivity (Wildman–Crippen MR) is 97.2 cm³/mol. The predicted octanol–water partition coefficient (Wildman–Crippen LogP) is -1.08. The molecule has 1 aliphatic carbocycles. The molecule has 2 unspecified atom stereocenters. The molecule has 1 heterocycles. The summed E-state index contributed by atoms with van der Waals surface area (Å²) in [5.41, 5.74) is -1.15. The molecule has 2 atom stereocenters. The largest absolute Gasteiger partial charge is 1.00 e. The Hall–Kier alpha value is -1.05. The second-order valence-electron chi connectivity index (χ2n) is 6.84. The van der Waals surface area contributed by atoms with Crippen molar-refractivity contribution in [3.63, 3.8) is 0 Å². The van der Waals surface area contributed by atoms with E-state index < -0.39 is 23.3 Å². The molecular formula is C19H31N2NaO5. The monoisotopic (exact) mass is 390 g/mol. The van der Waals surface area contributed by atoms with Crippen molar-refractivity contribution >= 4 is 29.4 Å². The molecule has 0 aromatic heterocycles. The van der Waals surface area contributed by atoms with Crippen LogP contribution in [0.5, 0.6) is 0 Å². The van der Waals surface area contributed by atoms with Crippen molar-refractivity contribution in [3.05, 3.63) is 0 Å². The van der Waals surface area contributed by atoms with Gasteiger partial charge in [-0.25, -0.2) is 4.99 Å². The van der Waals surface area contributed by atoms with Crippen LogP contribution < -0.4 is 40.0 Å². The van der Waals surface area contributed by atoms with Crippen molar-refractivity contribution in [2.75, 3.05) is 0 Å². The minimum atomic E-state index is -1.15. The smallest absolute Gasteiger partial charge is 0.846 e. The standard InChI is InChI=1S/C11H18N2O3.C5H8O.C3H6O.Na/c1-4-6-7(3)11(5-2)8(14)12-10(16)13-9(11)15;6-5-3-1-2-4-5;1-3(2)4;/h7H,4-6H2,1-3H3,(H2,12,13,14,15,16);1-4H2;1-2H3;/q;;;+1/p-1. The second-order valence-corrected chi connectivity index (χ2v) is 6.84. The van der Waals surface area contributed by atoms with Crippen LogP contribution in [0.25, 0.3) is 0 Å². The normalized spacial score (nSPS) is 22.1. The van der Waals surface area contributed by atoms with Crippen LogP contribution in [0.3, 0.4) is 0 Å². The third-order valence-corrected chi connectivity index (χ3v) is 4.49. The van der Waals surface area contributed by atoms with Crippen LogP contribution in [-0.4, -0.2) is 29.4 Å². The fourth-order valence-corrected chi connectivity index (χ4v) is 3.07. The third kappa shape index (κ3) is 9.12. The van der Waals surface area contributed by atoms with Crippen LogP contribution in [-0.2, 0) is 19.2 Å². The molecule has 148 valence electrons. The summed E-state index contributed by atoms with van der Waals surface area (Å²) >= 11 is 0. The van der Waals surface area contributed by atoms with Crippen molar-refractivity contribution in [3.8, 4) is 0 Å². The number of Topliss-reactive ketones (excluding diaryl/α,β-unsaturated/α-hetero) is 2. The number of amides is 2. The van der Waals surface area contributed by atoms with E-state index in [0.29, 0.717) is 12.2 Å². The summed E-state index contributed by atoms with van der Waals surface area (Å²) < 4.78 is 0. The number of rotatable bonds is 4. The Morgan fingerprint density at radius 3 is 1.96 bits per heavy atom. The molecule has 1 N–H and O–H groups in total. The fourth-order valence-electron chi connectivity index (χ4n) is 3.07. The van der Waals surface area contributed by atoms with Gasteiger partial charge in [-0.05, 0) is 45.4 Å². The van der Waals surface area contributed by atoms with Crippen LogP contribution in [0.15, 0.2) is 4.99 Å². The zero-order valence-corrected chi connectivity index (χ0v) is 19.5. The van der Waals surface area contributed by atoms with E-state index in [0.717, 1.165) is 38.5 Å². The van der Waals surface area contributed by atoms with E-state index in [1.165, 1.54) is 13.8 Å². The average Bonchev–Trinajstić information content (AvgIpc) is 2.99. The quantitative estimate of drug-likeness (QED) is 0.484. The molecule has 0 radical (unpaired) electrons. The van der Waals surface area contributed by atoms with Crippen LogP contribution >= 0.6 is 0 Å². The Balaban J connectivity index is 0. The van der Waals surface area contributed by atoms with Crippen LogP contribution in [0, 0.1) is 11.3 Å². The van der Waals surface area contributed by atoms with E-state index in [1.54, 1.807) is 6.92 Å².